The number of rotatable bonds is 6. The number of nitrogens with one attached hydrogen (secondary N) is 2. The van der Waals surface area contributed by atoms with Crippen LogP contribution in [0.2, 0.25) is 0 Å². The first-order valence-corrected chi connectivity index (χ1v) is 14.1. The van der Waals surface area contributed by atoms with E-state index < -0.39 is 21.8 Å². The molecule has 1 unspecified atom stereocenters. The van der Waals surface area contributed by atoms with Gasteiger partial charge in [-0.05, 0) is 56.5 Å². The number of nitrogens with zero attached hydrogens (tertiary/aromatic N) is 1. The molecule has 34 heavy (non-hydrogen) atoms. The molecular formula is C24H33N4O4S2+. The maximum atomic E-state index is 13.0. The second-order valence-electron chi connectivity index (χ2n) is 9.36. The number of primary amides is 1. The standard InChI is InChI=1S/C24H32N4O4S2/c1-16(2)27-14-11-19-20(15-27)33-24(21(19)22(25)29)26-23(30)17-7-9-18(10-8-17)34(31,32)28-12-5-3-4-6-13-28/h7-10,16H,3-6,11-15H2,1-2H3,(H2,25,29)(H,26,30)/p+1. The van der Waals surface area contributed by atoms with Crippen LogP contribution >= 0.6 is 11.3 Å². The molecule has 4 rings (SSSR count). The normalized spacial score (nSPS) is 19.4. The fourth-order valence-corrected chi connectivity index (χ4v) is 7.54. The van der Waals surface area contributed by atoms with Gasteiger partial charge in [0.2, 0.25) is 10.0 Å². The third-order valence-corrected chi connectivity index (χ3v) is 9.84. The van der Waals surface area contributed by atoms with Gasteiger partial charge in [-0.3, -0.25) is 9.59 Å². The summed E-state index contributed by atoms with van der Waals surface area (Å²) in [5.74, 6) is -0.937. The van der Waals surface area contributed by atoms with Gasteiger partial charge in [-0.25, -0.2) is 8.42 Å². The molecular weight excluding hydrogens is 472 g/mol. The zero-order chi connectivity index (χ0) is 24.5. The van der Waals surface area contributed by atoms with Crippen LogP contribution in [-0.4, -0.2) is 50.2 Å². The molecule has 0 saturated carbocycles. The lowest BCUT2D eigenvalue weighted by molar-refractivity contribution is -0.936. The summed E-state index contributed by atoms with van der Waals surface area (Å²) in [6.07, 6.45) is 4.56. The van der Waals surface area contributed by atoms with Crippen LogP contribution in [0.25, 0.3) is 0 Å². The zero-order valence-corrected chi connectivity index (χ0v) is 21.4. The van der Waals surface area contributed by atoms with Crippen LogP contribution in [0.1, 0.15) is 70.7 Å². The van der Waals surface area contributed by atoms with Gasteiger partial charge in [-0.15, -0.1) is 11.3 Å². The van der Waals surface area contributed by atoms with E-state index in [1.807, 2.05) is 0 Å². The van der Waals surface area contributed by atoms with Crippen LogP contribution in [0.3, 0.4) is 0 Å². The van der Waals surface area contributed by atoms with Gasteiger partial charge in [0.25, 0.3) is 11.8 Å². The SMILES string of the molecule is CC(C)[NH+]1CCc2c(sc(NC(=O)c3ccc(S(=O)(=O)N4CCCCCC4)cc3)c2C(N)=O)C1. The fourth-order valence-electron chi connectivity index (χ4n) is 4.73. The van der Waals surface area contributed by atoms with Crippen molar-refractivity contribution >= 4 is 38.2 Å². The Labute approximate surface area is 205 Å². The molecule has 1 saturated heterocycles. The highest BCUT2D eigenvalue weighted by molar-refractivity contribution is 7.89. The number of anilines is 1. The second-order valence-corrected chi connectivity index (χ2v) is 12.4. The van der Waals surface area contributed by atoms with Crippen molar-refractivity contribution in [1.29, 1.82) is 0 Å². The molecule has 8 nitrogen and oxygen atoms in total. The number of fused-ring (bicyclic) bond motifs is 1. The topological polar surface area (TPSA) is 114 Å². The van der Waals surface area contributed by atoms with Crippen molar-refractivity contribution in [2.24, 2.45) is 5.73 Å². The van der Waals surface area contributed by atoms with E-state index >= 15 is 0 Å². The minimum atomic E-state index is -3.58. The summed E-state index contributed by atoms with van der Waals surface area (Å²) in [4.78, 5) is 27.9. The van der Waals surface area contributed by atoms with Crippen molar-refractivity contribution in [2.45, 2.75) is 63.4 Å². The molecule has 0 radical (unpaired) electrons. The van der Waals surface area contributed by atoms with Gasteiger partial charge in [0.15, 0.2) is 0 Å². The number of sulfonamides is 1. The predicted octanol–water partition coefficient (Wildman–Crippen LogP) is 2.01. The molecule has 3 heterocycles. The monoisotopic (exact) mass is 505 g/mol. The van der Waals surface area contributed by atoms with Crippen molar-refractivity contribution in [2.75, 3.05) is 25.0 Å². The average molecular weight is 506 g/mol. The number of carbonyl (C=O) groups excluding carboxylic acids is 2. The lowest BCUT2D eigenvalue weighted by Crippen LogP contribution is -3.14. The number of amides is 2. The summed E-state index contributed by atoms with van der Waals surface area (Å²) in [7, 11) is -3.58. The minimum Gasteiger partial charge on any atom is -0.365 e. The lowest BCUT2D eigenvalue weighted by Gasteiger charge is -2.27. The highest BCUT2D eigenvalue weighted by atomic mass is 32.2. The van der Waals surface area contributed by atoms with E-state index in [-0.39, 0.29) is 4.90 Å². The maximum absolute atomic E-state index is 13.0. The summed E-state index contributed by atoms with van der Waals surface area (Å²) < 4.78 is 27.5. The molecule has 0 bridgehead atoms. The number of hydrogen-bond acceptors (Lipinski definition) is 5. The van der Waals surface area contributed by atoms with E-state index in [0.29, 0.717) is 35.3 Å². The Morgan fingerprint density at radius 1 is 1.09 bits per heavy atom. The smallest absolute Gasteiger partial charge is 0.256 e. The summed E-state index contributed by atoms with van der Waals surface area (Å²) in [5, 5.41) is 3.32. The van der Waals surface area contributed by atoms with Crippen LogP contribution in [0, 0.1) is 0 Å². The predicted molar refractivity (Wildman–Crippen MR) is 133 cm³/mol. The average Bonchev–Trinajstić information content (AvgIpc) is 2.96. The van der Waals surface area contributed by atoms with Gasteiger partial charge >= 0.3 is 0 Å². The molecule has 1 atom stereocenters. The Hall–Kier alpha value is -2.27. The van der Waals surface area contributed by atoms with Crippen LogP contribution < -0.4 is 16.0 Å². The number of quaternary nitrogens is 1. The van der Waals surface area contributed by atoms with Crippen molar-refractivity contribution < 1.29 is 22.9 Å². The molecule has 1 aromatic carbocycles. The molecule has 2 aliphatic heterocycles. The summed E-state index contributed by atoms with van der Waals surface area (Å²) in [6, 6.07) is 6.46. The van der Waals surface area contributed by atoms with Gasteiger partial charge in [0, 0.05) is 25.1 Å². The van der Waals surface area contributed by atoms with E-state index in [0.717, 1.165) is 55.6 Å². The number of thiophene rings is 1. The lowest BCUT2D eigenvalue weighted by atomic mass is 10.0. The molecule has 1 fully saturated rings. The molecule has 2 amide bonds. The van der Waals surface area contributed by atoms with Gasteiger partial charge in [-0.1, -0.05) is 12.8 Å². The van der Waals surface area contributed by atoms with E-state index in [1.165, 1.54) is 44.8 Å². The van der Waals surface area contributed by atoms with E-state index in [2.05, 4.69) is 19.2 Å². The molecule has 0 aliphatic carbocycles. The van der Waals surface area contributed by atoms with Gasteiger partial charge in [0.05, 0.1) is 27.9 Å². The van der Waals surface area contributed by atoms with Gasteiger partial charge < -0.3 is 16.0 Å². The van der Waals surface area contributed by atoms with Crippen molar-refractivity contribution in [1.82, 2.24) is 4.31 Å². The van der Waals surface area contributed by atoms with Crippen LogP contribution in [-0.2, 0) is 23.0 Å². The highest BCUT2D eigenvalue weighted by Gasteiger charge is 2.31. The Bertz CT molecular complexity index is 1160. The van der Waals surface area contributed by atoms with Gasteiger partial charge in [-0.2, -0.15) is 4.31 Å². The van der Waals surface area contributed by atoms with Crippen LogP contribution in [0.5, 0.6) is 0 Å². The van der Waals surface area contributed by atoms with Crippen LogP contribution in [0.15, 0.2) is 29.2 Å². The van der Waals surface area contributed by atoms with Crippen molar-refractivity contribution in [3.05, 3.63) is 45.8 Å². The fraction of sp³-hybridized carbons (Fsp3) is 0.500. The van der Waals surface area contributed by atoms with Crippen molar-refractivity contribution in [3.63, 3.8) is 0 Å². The van der Waals surface area contributed by atoms with Gasteiger partial charge in [0.1, 0.15) is 11.5 Å². The second kappa shape index (κ2) is 10.2. The first-order valence-electron chi connectivity index (χ1n) is 11.9. The number of hydrogen-bond donors (Lipinski definition) is 3. The van der Waals surface area contributed by atoms with Crippen LogP contribution in [0.4, 0.5) is 5.00 Å². The largest absolute Gasteiger partial charge is 0.365 e. The van der Waals surface area contributed by atoms with E-state index in [9.17, 15) is 18.0 Å². The molecule has 184 valence electrons. The Kier molecular flexibility index (Phi) is 7.42. The number of benzene rings is 1. The molecule has 4 N–H and O–H groups in total. The first kappa shape index (κ1) is 24.8. The summed E-state index contributed by atoms with van der Waals surface area (Å²) in [6.45, 7) is 7.11. The minimum absolute atomic E-state index is 0.187. The Morgan fingerprint density at radius 2 is 1.74 bits per heavy atom. The molecule has 2 aromatic rings. The van der Waals surface area contributed by atoms with Crippen molar-refractivity contribution in [3.8, 4) is 0 Å². The third-order valence-electron chi connectivity index (χ3n) is 6.78. The quantitative estimate of drug-likeness (QED) is 0.557. The number of carbonyl (C=O) groups is 2. The first-order chi connectivity index (χ1) is 16.2. The molecule has 10 heteroatoms. The zero-order valence-electron chi connectivity index (χ0n) is 19.7. The molecule has 0 spiro atoms. The van der Waals surface area contributed by atoms with E-state index in [4.69, 9.17) is 5.73 Å². The Morgan fingerprint density at radius 3 is 2.32 bits per heavy atom. The third kappa shape index (κ3) is 5.05. The highest BCUT2D eigenvalue weighted by Crippen LogP contribution is 2.35. The molecule has 1 aromatic heterocycles. The van der Waals surface area contributed by atoms with E-state index in [1.54, 1.807) is 0 Å². The maximum Gasteiger partial charge on any atom is 0.256 e. The summed E-state index contributed by atoms with van der Waals surface area (Å²) >= 11 is 1.41. The summed E-state index contributed by atoms with van der Waals surface area (Å²) in [5.41, 5.74) is 7.35. The molecule has 2 aliphatic rings. The Balaban J connectivity index is 1.53. The number of nitrogens with two attached hydrogens (primary N) is 1.